The molecule has 28 heavy (non-hydrogen) atoms. The lowest BCUT2D eigenvalue weighted by molar-refractivity contribution is 0.704. The van der Waals surface area contributed by atoms with E-state index in [1.54, 1.807) is 0 Å². The minimum absolute atomic E-state index is 0.258. The Morgan fingerprint density at radius 2 is 0.929 bits per heavy atom. The minimum Gasteiger partial charge on any atom is -0.258 e. The van der Waals surface area contributed by atoms with E-state index in [1.165, 1.54) is 11.1 Å². The second-order valence-electron chi connectivity index (χ2n) is 7.13. The molecule has 0 bridgehead atoms. The normalized spacial score (nSPS) is 20.9. The summed E-state index contributed by atoms with van der Waals surface area (Å²) >= 11 is 0. The molecule has 138 valence electrons. The topological polar surface area (TPSA) is 31.2 Å². The zero-order valence-electron chi connectivity index (χ0n) is 15.6. The van der Waals surface area contributed by atoms with Gasteiger partial charge in [-0.2, -0.15) is 10.2 Å². The lowest BCUT2D eigenvalue weighted by atomic mass is 10.0. The maximum Gasteiger partial charge on any atom is 0.0825 e. The van der Waals surface area contributed by atoms with E-state index in [9.17, 15) is 0 Å². The molecule has 0 aromatic heterocycles. The molecule has 0 spiro atoms. The number of benzene rings is 3. The van der Waals surface area contributed by atoms with Crippen LogP contribution in [-0.4, -0.2) is 12.4 Å². The van der Waals surface area contributed by atoms with Gasteiger partial charge in [-0.15, -0.1) is 0 Å². The zero-order valence-corrected chi connectivity index (χ0v) is 15.6. The van der Waals surface area contributed by atoms with Crippen LogP contribution in [0, 0.1) is 0 Å². The molecule has 4 heteroatoms. The van der Waals surface area contributed by atoms with E-state index in [0.29, 0.717) is 0 Å². The van der Waals surface area contributed by atoms with Gasteiger partial charge in [-0.1, -0.05) is 60.7 Å². The summed E-state index contributed by atoms with van der Waals surface area (Å²) < 4.78 is 0. The highest BCUT2D eigenvalue weighted by Gasteiger charge is 2.26. The second kappa shape index (κ2) is 7.31. The molecule has 0 aliphatic carbocycles. The van der Waals surface area contributed by atoms with Crippen LogP contribution in [0.25, 0.3) is 0 Å². The molecule has 3 aromatic carbocycles. The molecular formula is C24H22N4. The van der Waals surface area contributed by atoms with Gasteiger partial charge in [0.1, 0.15) is 0 Å². The number of rotatable bonds is 4. The fraction of sp³-hybridized carbons (Fsp3) is 0.167. The Morgan fingerprint density at radius 1 is 0.536 bits per heavy atom. The molecule has 0 N–H and O–H groups in total. The number of anilines is 2. The van der Waals surface area contributed by atoms with Crippen LogP contribution in [0.5, 0.6) is 0 Å². The van der Waals surface area contributed by atoms with Crippen molar-refractivity contribution in [2.24, 2.45) is 10.2 Å². The van der Waals surface area contributed by atoms with Gasteiger partial charge in [0.25, 0.3) is 0 Å². The van der Waals surface area contributed by atoms with Crippen molar-refractivity contribution in [1.29, 1.82) is 0 Å². The van der Waals surface area contributed by atoms with Gasteiger partial charge in [0.2, 0.25) is 0 Å². The Balaban J connectivity index is 1.38. The van der Waals surface area contributed by atoms with Gasteiger partial charge in [-0.3, -0.25) is 10.0 Å². The highest BCUT2D eigenvalue weighted by atomic mass is 15.5. The second-order valence-corrected chi connectivity index (χ2v) is 7.13. The molecule has 2 unspecified atom stereocenters. The zero-order chi connectivity index (χ0) is 18.8. The number of hydrogen-bond donors (Lipinski definition) is 0. The number of nitrogens with zero attached hydrogens (tertiary/aromatic N) is 4. The summed E-state index contributed by atoms with van der Waals surface area (Å²) in [6.45, 7) is 0. The molecule has 0 radical (unpaired) electrons. The molecule has 0 fully saturated rings. The third kappa shape index (κ3) is 3.07. The first-order chi connectivity index (χ1) is 13.9. The Hall–Kier alpha value is -3.40. The smallest absolute Gasteiger partial charge is 0.0825 e. The molecule has 0 saturated heterocycles. The first-order valence-corrected chi connectivity index (χ1v) is 9.73. The quantitative estimate of drug-likeness (QED) is 0.605. The highest BCUT2D eigenvalue weighted by Crippen LogP contribution is 2.37. The summed E-state index contributed by atoms with van der Waals surface area (Å²) in [5.41, 5.74) is 4.78. The number of hydrazone groups is 2. The predicted octanol–water partition coefficient (Wildman–Crippen LogP) is 5.56. The summed E-state index contributed by atoms with van der Waals surface area (Å²) in [6.07, 6.45) is 5.86. The Bertz CT molecular complexity index is 898. The molecule has 0 saturated carbocycles. The average Bonchev–Trinajstić information content (AvgIpc) is 3.45. The fourth-order valence-electron chi connectivity index (χ4n) is 3.99. The van der Waals surface area contributed by atoms with Gasteiger partial charge in [0.05, 0.1) is 23.5 Å². The van der Waals surface area contributed by atoms with Crippen LogP contribution in [-0.2, 0) is 0 Å². The van der Waals surface area contributed by atoms with E-state index in [-0.39, 0.29) is 12.1 Å². The predicted molar refractivity (Wildman–Crippen MR) is 116 cm³/mol. The lowest BCUT2D eigenvalue weighted by Gasteiger charge is -2.26. The first-order valence-electron chi connectivity index (χ1n) is 9.73. The van der Waals surface area contributed by atoms with Crippen LogP contribution >= 0.6 is 0 Å². The van der Waals surface area contributed by atoms with Crippen LogP contribution in [0.1, 0.15) is 36.1 Å². The molecule has 0 amide bonds. The summed E-state index contributed by atoms with van der Waals surface area (Å²) in [5.74, 6) is 0. The Morgan fingerprint density at radius 3 is 1.32 bits per heavy atom. The van der Waals surface area contributed by atoms with Crippen molar-refractivity contribution in [1.82, 2.24) is 0 Å². The van der Waals surface area contributed by atoms with E-state index in [4.69, 9.17) is 0 Å². The van der Waals surface area contributed by atoms with Crippen LogP contribution in [0.2, 0.25) is 0 Å². The maximum absolute atomic E-state index is 4.62. The molecule has 2 atom stereocenters. The van der Waals surface area contributed by atoms with Crippen molar-refractivity contribution in [2.75, 3.05) is 10.0 Å². The van der Waals surface area contributed by atoms with E-state index < -0.39 is 0 Å². The molecule has 2 aliphatic heterocycles. The van der Waals surface area contributed by atoms with Crippen molar-refractivity contribution in [3.05, 3.63) is 96.1 Å². The van der Waals surface area contributed by atoms with E-state index in [0.717, 1.165) is 24.2 Å². The standard InChI is InChI=1S/C24H22N4/c1-3-7-19(8-4-1)23-15-17-25-27(23)21-11-13-22(14-12-21)28-24(16-18-26-28)20-9-5-2-6-10-20/h1-14,17-18,23-24H,15-16H2. The Labute approximate surface area is 165 Å². The first kappa shape index (κ1) is 16.8. The molecule has 3 aromatic rings. The lowest BCUT2D eigenvalue weighted by Crippen LogP contribution is -2.20. The highest BCUT2D eigenvalue weighted by molar-refractivity contribution is 5.71. The largest absolute Gasteiger partial charge is 0.258 e. The van der Waals surface area contributed by atoms with E-state index >= 15 is 0 Å². The molecular weight excluding hydrogens is 344 g/mol. The molecule has 4 nitrogen and oxygen atoms in total. The maximum atomic E-state index is 4.62. The van der Waals surface area contributed by atoms with Gasteiger partial charge in [0, 0.05) is 25.3 Å². The van der Waals surface area contributed by atoms with Crippen molar-refractivity contribution < 1.29 is 0 Å². The third-order valence-electron chi connectivity index (χ3n) is 5.41. The summed E-state index contributed by atoms with van der Waals surface area (Å²) in [6, 6.07) is 30.2. The van der Waals surface area contributed by atoms with Gasteiger partial charge >= 0.3 is 0 Å². The minimum atomic E-state index is 0.258. The van der Waals surface area contributed by atoms with Gasteiger partial charge in [0.15, 0.2) is 0 Å². The summed E-state index contributed by atoms with van der Waals surface area (Å²) in [4.78, 5) is 0. The van der Waals surface area contributed by atoms with Gasteiger partial charge < -0.3 is 0 Å². The van der Waals surface area contributed by atoms with Crippen LogP contribution in [0.15, 0.2) is 95.1 Å². The summed E-state index contributed by atoms with van der Waals surface area (Å²) in [7, 11) is 0. The third-order valence-corrected chi connectivity index (χ3v) is 5.41. The number of hydrogen-bond acceptors (Lipinski definition) is 4. The van der Waals surface area contributed by atoms with Crippen molar-refractivity contribution in [2.45, 2.75) is 24.9 Å². The van der Waals surface area contributed by atoms with Crippen molar-refractivity contribution in [3.63, 3.8) is 0 Å². The van der Waals surface area contributed by atoms with Gasteiger partial charge in [-0.05, 0) is 35.4 Å². The van der Waals surface area contributed by atoms with Crippen LogP contribution < -0.4 is 10.0 Å². The molecule has 2 aliphatic rings. The van der Waals surface area contributed by atoms with Crippen LogP contribution in [0.3, 0.4) is 0 Å². The molecule has 2 heterocycles. The fourth-order valence-corrected chi connectivity index (χ4v) is 3.99. The van der Waals surface area contributed by atoms with Crippen molar-refractivity contribution in [3.8, 4) is 0 Å². The summed E-state index contributed by atoms with van der Waals surface area (Å²) in [5, 5.41) is 13.5. The Kier molecular flexibility index (Phi) is 4.37. The van der Waals surface area contributed by atoms with E-state index in [2.05, 4.69) is 105 Å². The van der Waals surface area contributed by atoms with E-state index in [1.807, 2.05) is 12.4 Å². The van der Waals surface area contributed by atoms with Crippen LogP contribution in [0.4, 0.5) is 11.4 Å². The molecule has 5 rings (SSSR count). The SMILES string of the molecule is C1=NN(c2ccc(N3N=CCC3c3ccccc3)cc2)C(c2ccccc2)C1. The van der Waals surface area contributed by atoms with Crippen molar-refractivity contribution >= 4 is 23.8 Å². The average molecular weight is 366 g/mol. The van der Waals surface area contributed by atoms with Gasteiger partial charge in [-0.25, -0.2) is 0 Å². The monoisotopic (exact) mass is 366 g/mol.